The molecule has 0 fully saturated rings. The number of rotatable bonds is 4. The lowest BCUT2D eigenvalue weighted by Gasteiger charge is -2.13. The molecular formula is C22H15F3N2O2S. The molecule has 0 aliphatic heterocycles. The monoisotopic (exact) mass is 428 g/mol. The van der Waals surface area contributed by atoms with Crippen molar-refractivity contribution >= 4 is 33.7 Å². The van der Waals surface area contributed by atoms with Gasteiger partial charge in [0, 0.05) is 27.2 Å². The molecule has 0 bridgehead atoms. The molecule has 4 nitrogen and oxygen atoms in total. The van der Waals surface area contributed by atoms with E-state index in [0.717, 1.165) is 10.9 Å². The van der Waals surface area contributed by atoms with Crippen LogP contribution in [0.15, 0.2) is 70.8 Å². The average molecular weight is 428 g/mol. The van der Waals surface area contributed by atoms with E-state index in [2.05, 4.69) is 10.3 Å². The van der Waals surface area contributed by atoms with Gasteiger partial charge in [-0.15, -0.1) is 11.3 Å². The highest BCUT2D eigenvalue weighted by Gasteiger charge is 2.33. The van der Waals surface area contributed by atoms with Gasteiger partial charge in [0.1, 0.15) is 0 Å². The van der Waals surface area contributed by atoms with Crippen molar-refractivity contribution in [3.8, 4) is 11.3 Å². The van der Waals surface area contributed by atoms with E-state index in [-0.39, 0.29) is 29.0 Å². The molecule has 2 aromatic heterocycles. The molecule has 0 radical (unpaired) electrons. The van der Waals surface area contributed by atoms with Crippen molar-refractivity contribution in [1.82, 2.24) is 4.98 Å². The van der Waals surface area contributed by atoms with E-state index in [4.69, 9.17) is 0 Å². The van der Waals surface area contributed by atoms with E-state index < -0.39 is 17.3 Å². The van der Waals surface area contributed by atoms with Gasteiger partial charge < -0.3 is 10.3 Å². The summed E-state index contributed by atoms with van der Waals surface area (Å²) in [5.74, 6) is -0.219. The molecule has 0 saturated heterocycles. The minimum atomic E-state index is -4.54. The molecule has 152 valence electrons. The third kappa shape index (κ3) is 4.13. The van der Waals surface area contributed by atoms with Crippen LogP contribution in [0.5, 0.6) is 0 Å². The molecule has 8 heteroatoms. The van der Waals surface area contributed by atoms with Crippen molar-refractivity contribution in [2.75, 3.05) is 5.32 Å². The molecule has 4 aromatic rings. The maximum absolute atomic E-state index is 13.3. The van der Waals surface area contributed by atoms with Crippen LogP contribution in [0.25, 0.3) is 22.0 Å². The van der Waals surface area contributed by atoms with E-state index in [1.54, 1.807) is 12.1 Å². The number of amides is 1. The second-order valence-electron chi connectivity index (χ2n) is 6.66. The van der Waals surface area contributed by atoms with Crippen LogP contribution < -0.4 is 10.9 Å². The van der Waals surface area contributed by atoms with Crippen LogP contribution in [0.2, 0.25) is 0 Å². The Morgan fingerprint density at radius 2 is 1.83 bits per heavy atom. The first-order valence-corrected chi connectivity index (χ1v) is 9.85. The summed E-state index contributed by atoms with van der Waals surface area (Å²) < 4.78 is 40.0. The van der Waals surface area contributed by atoms with Crippen molar-refractivity contribution in [2.45, 2.75) is 12.6 Å². The largest absolute Gasteiger partial charge is 0.417 e. The number of nitrogens with one attached hydrogen (secondary N) is 2. The quantitative estimate of drug-likeness (QED) is 0.454. The zero-order valence-electron chi connectivity index (χ0n) is 15.4. The van der Waals surface area contributed by atoms with Gasteiger partial charge >= 0.3 is 6.18 Å². The second-order valence-corrected chi connectivity index (χ2v) is 7.69. The number of carbonyl (C=O) groups is 1. The summed E-state index contributed by atoms with van der Waals surface area (Å²) in [7, 11) is 0. The molecule has 30 heavy (non-hydrogen) atoms. The van der Waals surface area contributed by atoms with Crippen LogP contribution in [0.4, 0.5) is 18.9 Å². The highest BCUT2D eigenvalue weighted by Crippen LogP contribution is 2.36. The first-order valence-electron chi connectivity index (χ1n) is 8.97. The first kappa shape index (κ1) is 19.9. The van der Waals surface area contributed by atoms with Crippen LogP contribution in [0.3, 0.4) is 0 Å². The smallest absolute Gasteiger partial charge is 0.326 e. The lowest BCUT2D eigenvalue weighted by atomic mass is 10.0. The van der Waals surface area contributed by atoms with E-state index in [0.29, 0.717) is 11.1 Å². The Morgan fingerprint density at radius 3 is 2.57 bits per heavy atom. The summed E-state index contributed by atoms with van der Waals surface area (Å²) in [6.45, 7) is 0. The molecular weight excluding hydrogens is 413 g/mol. The number of thiophene rings is 1. The number of fused-ring (bicyclic) bond motifs is 1. The Kier molecular flexibility index (Phi) is 5.17. The van der Waals surface area contributed by atoms with E-state index >= 15 is 0 Å². The standard InChI is InChI=1S/C22H15F3N2O2S/c23-22(24,25)18-6-2-1-5-16(18)19-10-13-7-8-14(11-17(13)21(29)27-19)26-20(28)12-15-4-3-9-30-15/h1-11H,12H2,(H,26,28)(H,27,29). The predicted octanol–water partition coefficient (Wildman–Crippen LogP) is 5.46. The minimum absolute atomic E-state index is 0.0786. The van der Waals surface area contributed by atoms with E-state index in [1.807, 2.05) is 17.5 Å². The van der Waals surface area contributed by atoms with Gasteiger partial charge in [0.2, 0.25) is 5.91 Å². The zero-order chi connectivity index (χ0) is 21.3. The summed E-state index contributed by atoms with van der Waals surface area (Å²) in [6.07, 6.45) is -4.32. The zero-order valence-corrected chi connectivity index (χ0v) is 16.2. The van der Waals surface area contributed by atoms with Crippen molar-refractivity contribution < 1.29 is 18.0 Å². The van der Waals surface area contributed by atoms with E-state index in [9.17, 15) is 22.8 Å². The number of anilines is 1. The normalized spacial score (nSPS) is 11.6. The summed E-state index contributed by atoms with van der Waals surface area (Å²) in [5.41, 5.74) is -0.934. The third-order valence-electron chi connectivity index (χ3n) is 4.57. The number of pyridine rings is 1. The van der Waals surface area contributed by atoms with Gasteiger partial charge in [0.15, 0.2) is 0 Å². The van der Waals surface area contributed by atoms with Crippen molar-refractivity contribution in [3.63, 3.8) is 0 Å². The maximum atomic E-state index is 13.3. The maximum Gasteiger partial charge on any atom is 0.417 e. The Morgan fingerprint density at radius 1 is 1.03 bits per heavy atom. The van der Waals surface area contributed by atoms with Crippen LogP contribution in [-0.4, -0.2) is 10.9 Å². The van der Waals surface area contributed by atoms with Crippen molar-refractivity contribution in [3.05, 3.63) is 86.8 Å². The third-order valence-corrected chi connectivity index (χ3v) is 5.44. The van der Waals surface area contributed by atoms with Gasteiger partial charge in [-0.2, -0.15) is 13.2 Å². The molecule has 0 aliphatic carbocycles. The number of aromatic nitrogens is 1. The molecule has 2 aromatic carbocycles. The number of benzene rings is 2. The van der Waals surface area contributed by atoms with Gasteiger partial charge in [0.25, 0.3) is 5.56 Å². The SMILES string of the molecule is O=C(Cc1cccs1)Nc1ccc2cc(-c3ccccc3C(F)(F)F)[nH]c(=O)c2c1. The summed E-state index contributed by atoms with van der Waals surface area (Å²) >= 11 is 1.47. The lowest BCUT2D eigenvalue weighted by molar-refractivity contribution is -0.137. The lowest BCUT2D eigenvalue weighted by Crippen LogP contribution is -2.15. The Hall–Kier alpha value is -3.39. The Bertz CT molecular complexity index is 1280. The topological polar surface area (TPSA) is 62.0 Å². The van der Waals surface area contributed by atoms with Crippen LogP contribution >= 0.6 is 11.3 Å². The molecule has 0 saturated carbocycles. The van der Waals surface area contributed by atoms with Gasteiger partial charge in [-0.3, -0.25) is 9.59 Å². The summed E-state index contributed by atoms with van der Waals surface area (Å²) in [5, 5.41) is 5.37. The van der Waals surface area contributed by atoms with Gasteiger partial charge in [0.05, 0.1) is 12.0 Å². The second kappa shape index (κ2) is 7.79. The number of halogens is 3. The molecule has 0 spiro atoms. The molecule has 0 unspecified atom stereocenters. The summed E-state index contributed by atoms with van der Waals surface area (Å²) in [6, 6.07) is 15.0. The number of aromatic amines is 1. The van der Waals surface area contributed by atoms with E-state index in [1.165, 1.54) is 41.7 Å². The molecule has 0 atom stereocenters. The molecule has 2 N–H and O–H groups in total. The minimum Gasteiger partial charge on any atom is -0.326 e. The van der Waals surface area contributed by atoms with Crippen LogP contribution in [-0.2, 0) is 17.4 Å². The fourth-order valence-corrected chi connectivity index (χ4v) is 3.93. The molecule has 2 heterocycles. The number of alkyl halides is 3. The first-order chi connectivity index (χ1) is 14.3. The Labute approximate surface area is 173 Å². The Balaban J connectivity index is 1.67. The number of hydrogen-bond acceptors (Lipinski definition) is 3. The highest BCUT2D eigenvalue weighted by atomic mass is 32.1. The predicted molar refractivity (Wildman–Crippen MR) is 112 cm³/mol. The number of carbonyl (C=O) groups excluding carboxylic acids is 1. The highest BCUT2D eigenvalue weighted by molar-refractivity contribution is 7.10. The number of H-pyrrole nitrogens is 1. The van der Waals surface area contributed by atoms with Crippen molar-refractivity contribution in [1.29, 1.82) is 0 Å². The molecule has 4 rings (SSSR count). The van der Waals surface area contributed by atoms with Gasteiger partial charge in [-0.1, -0.05) is 30.3 Å². The van der Waals surface area contributed by atoms with Crippen LogP contribution in [0.1, 0.15) is 10.4 Å². The summed E-state index contributed by atoms with van der Waals surface area (Å²) in [4.78, 5) is 28.2. The number of hydrogen-bond donors (Lipinski definition) is 2. The van der Waals surface area contributed by atoms with Gasteiger partial charge in [-0.05, 0) is 41.1 Å². The van der Waals surface area contributed by atoms with Gasteiger partial charge in [-0.25, -0.2) is 0 Å². The fraction of sp³-hybridized carbons (Fsp3) is 0.0909. The molecule has 1 amide bonds. The average Bonchev–Trinajstić information content (AvgIpc) is 3.20. The molecule has 0 aliphatic rings. The fourth-order valence-electron chi connectivity index (χ4n) is 3.22. The van der Waals surface area contributed by atoms with Crippen molar-refractivity contribution in [2.24, 2.45) is 0 Å². The van der Waals surface area contributed by atoms with Crippen LogP contribution in [0, 0.1) is 0 Å².